The Bertz CT molecular complexity index is 671. The van der Waals surface area contributed by atoms with Gasteiger partial charge in [0.1, 0.15) is 19.3 Å². The van der Waals surface area contributed by atoms with Crippen LogP contribution < -0.4 is 14.2 Å². The molecule has 0 fully saturated rings. The predicted molar refractivity (Wildman–Crippen MR) is 83.0 cm³/mol. The molecule has 0 saturated heterocycles. The third-order valence-electron chi connectivity index (χ3n) is 3.31. The number of rotatable bonds is 6. The predicted octanol–water partition coefficient (Wildman–Crippen LogP) is 1.32. The molecule has 1 aliphatic heterocycles. The molecule has 23 heavy (non-hydrogen) atoms. The topological polar surface area (TPSA) is 90.9 Å². The molecule has 1 aromatic rings. The highest BCUT2D eigenvalue weighted by Crippen LogP contribution is 2.32. The van der Waals surface area contributed by atoms with Crippen LogP contribution in [0, 0.1) is 5.92 Å². The minimum atomic E-state index is -3.89. The van der Waals surface area contributed by atoms with E-state index >= 15 is 0 Å². The van der Waals surface area contributed by atoms with Crippen molar-refractivity contribution in [2.24, 2.45) is 5.92 Å². The van der Waals surface area contributed by atoms with Crippen molar-refractivity contribution in [2.75, 3.05) is 19.8 Å². The first-order chi connectivity index (χ1) is 10.8. The second-order valence-corrected chi connectivity index (χ2v) is 7.11. The number of nitrogens with one attached hydrogen (secondary N) is 1. The van der Waals surface area contributed by atoms with Gasteiger partial charge < -0.3 is 14.2 Å². The first-order valence-electron chi connectivity index (χ1n) is 7.43. The quantitative estimate of drug-likeness (QED) is 0.784. The number of ether oxygens (including phenoxy) is 3. The fourth-order valence-corrected chi connectivity index (χ4v) is 3.46. The van der Waals surface area contributed by atoms with Crippen molar-refractivity contribution in [1.82, 2.24) is 4.72 Å². The molecule has 1 atom stereocenters. The number of carbonyl (C=O) groups excluding carboxylic acids is 1. The molecule has 7 nitrogen and oxygen atoms in total. The molecule has 2 rings (SSSR count). The van der Waals surface area contributed by atoms with E-state index in [1.807, 2.05) is 0 Å². The van der Waals surface area contributed by atoms with Crippen LogP contribution >= 0.6 is 0 Å². The van der Waals surface area contributed by atoms with E-state index in [0.29, 0.717) is 24.7 Å². The van der Waals surface area contributed by atoms with Gasteiger partial charge in [0.15, 0.2) is 11.5 Å². The van der Waals surface area contributed by atoms with E-state index in [1.165, 1.54) is 18.2 Å². The lowest BCUT2D eigenvalue weighted by molar-refractivity contribution is -0.146. The van der Waals surface area contributed by atoms with Gasteiger partial charge in [-0.15, -0.1) is 0 Å². The number of hydrogen-bond acceptors (Lipinski definition) is 6. The summed E-state index contributed by atoms with van der Waals surface area (Å²) in [7, 11) is -3.89. The summed E-state index contributed by atoms with van der Waals surface area (Å²) in [5.41, 5.74) is 0. The monoisotopic (exact) mass is 343 g/mol. The normalized spacial score (nSPS) is 15.3. The van der Waals surface area contributed by atoms with Crippen LogP contribution in [0.5, 0.6) is 11.5 Å². The summed E-state index contributed by atoms with van der Waals surface area (Å²) in [5.74, 6) is 0.0296. The Morgan fingerprint density at radius 3 is 2.52 bits per heavy atom. The number of carbonyl (C=O) groups is 1. The summed E-state index contributed by atoms with van der Waals surface area (Å²) < 4.78 is 43.1. The van der Waals surface area contributed by atoms with Gasteiger partial charge >= 0.3 is 5.97 Å². The zero-order chi connectivity index (χ0) is 17.0. The average molecular weight is 343 g/mol. The smallest absolute Gasteiger partial charge is 0.324 e. The molecule has 0 aromatic heterocycles. The number of fused-ring (bicyclic) bond motifs is 1. The van der Waals surface area contributed by atoms with Crippen molar-refractivity contribution in [1.29, 1.82) is 0 Å². The Kier molecular flexibility index (Phi) is 5.48. The molecule has 128 valence electrons. The molecule has 1 aliphatic rings. The molecule has 0 amide bonds. The summed E-state index contributed by atoms with van der Waals surface area (Å²) in [6, 6.07) is 3.39. The second kappa shape index (κ2) is 7.18. The highest BCUT2D eigenvalue weighted by molar-refractivity contribution is 7.89. The molecule has 1 N–H and O–H groups in total. The lowest BCUT2D eigenvalue weighted by Gasteiger charge is -2.22. The molecule has 0 bridgehead atoms. The number of hydrogen-bond donors (Lipinski definition) is 1. The standard InChI is InChI=1S/C15H21NO6S/c1-4-20-15(17)14(10(2)3)16-23(18,19)11-5-6-12-13(9-11)22-8-7-21-12/h5-6,9-10,14,16H,4,7-8H2,1-3H3/t14-/m0/s1. The SMILES string of the molecule is CCOC(=O)[C@@H](NS(=O)(=O)c1ccc2c(c1)OCCO2)C(C)C. The zero-order valence-electron chi connectivity index (χ0n) is 13.4. The summed E-state index contributed by atoms with van der Waals surface area (Å²) in [4.78, 5) is 11.9. The van der Waals surface area contributed by atoms with Gasteiger partial charge in [0.05, 0.1) is 11.5 Å². The summed E-state index contributed by atoms with van der Waals surface area (Å²) >= 11 is 0. The molecule has 1 heterocycles. The van der Waals surface area contributed by atoms with Gasteiger partial charge in [0.25, 0.3) is 0 Å². The zero-order valence-corrected chi connectivity index (χ0v) is 14.2. The molecular weight excluding hydrogens is 322 g/mol. The second-order valence-electron chi connectivity index (χ2n) is 5.40. The Hall–Kier alpha value is -1.80. The first-order valence-corrected chi connectivity index (χ1v) is 8.92. The molecule has 0 aliphatic carbocycles. The summed E-state index contributed by atoms with van der Waals surface area (Å²) in [6.07, 6.45) is 0. The molecular formula is C15H21NO6S. The summed E-state index contributed by atoms with van der Waals surface area (Å²) in [6.45, 7) is 6.14. The highest BCUT2D eigenvalue weighted by atomic mass is 32.2. The fraction of sp³-hybridized carbons (Fsp3) is 0.533. The van der Waals surface area contributed by atoms with Crippen LogP contribution in [0.25, 0.3) is 0 Å². The Morgan fingerprint density at radius 2 is 1.91 bits per heavy atom. The molecule has 8 heteroatoms. The van der Waals surface area contributed by atoms with E-state index in [1.54, 1.807) is 20.8 Å². The Labute approximate surface area is 136 Å². The maximum Gasteiger partial charge on any atom is 0.324 e. The van der Waals surface area contributed by atoms with E-state index < -0.39 is 22.0 Å². The minimum Gasteiger partial charge on any atom is -0.486 e. The Balaban J connectivity index is 2.25. The molecule has 0 saturated carbocycles. The molecule has 1 aromatic carbocycles. The van der Waals surface area contributed by atoms with E-state index in [4.69, 9.17) is 14.2 Å². The van der Waals surface area contributed by atoms with Gasteiger partial charge in [0.2, 0.25) is 10.0 Å². The van der Waals surface area contributed by atoms with Crippen LogP contribution in [0.3, 0.4) is 0 Å². The number of sulfonamides is 1. The molecule has 0 radical (unpaired) electrons. The van der Waals surface area contributed by atoms with Gasteiger partial charge in [-0.05, 0) is 25.0 Å². The van der Waals surface area contributed by atoms with Crippen molar-refractivity contribution in [3.63, 3.8) is 0 Å². The van der Waals surface area contributed by atoms with Crippen molar-refractivity contribution < 1.29 is 27.4 Å². The lowest BCUT2D eigenvalue weighted by atomic mass is 10.1. The van der Waals surface area contributed by atoms with Crippen LogP contribution in [0.4, 0.5) is 0 Å². The third-order valence-corrected chi connectivity index (χ3v) is 4.75. The summed E-state index contributed by atoms with van der Waals surface area (Å²) in [5, 5.41) is 0. The third kappa shape index (κ3) is 4.14. The van der Waals surface area contributed by atoms with Gasteiger partial charge in [0, 0.05) is 6.07 Å². The maximum atomic E-state index is 12.5. The van der Waals surface area contributed by atoms with Crippen LogP contribution in [-0.4, -0.2) is 40.2 Å². The largest absolute Gasteiger partial charge is 0.486 e. The van der Waals surface area contributed by atoms with E-state index in [2.05, 4.69) is 4.72 Å². The van der Waals surface area contributed by atoms with Crippen molar-refractivity contribution in [3.05, 3.63) is 18.2 Å². The van der Waals surface area contributed by atoms with Crippen LogP contribution in [0.1, 0.15) is 20.8 Å². The van der Waals surface area contributed by atoms with Crippen molar-refractivity contribution >= 4 is 16.0 Å². The maximum absolute atomic E-state index is 12.5. The van der Waals surface area contributed by atoms with E-state index in [-0.39, 0.29) is 17.4 Å². The van der Waals surface area contributed by atoms with Gasteiger partial charge in [-0.3, -0.25) is 4.79 Å². The van der Waals surface area contributed by atoms with Gasteiger partial charge in [-0.25, -0.2) is 8.42 Å². The molecule has 0 spiro atoms. The van der Waals surface area contributed by atoms with E-state index in [0.717, 1.165) is 0 Å². The fourth-order valence-electron chi connectivity index (χ4n) is 2.11. The minimum absolute atomic E-state index is 0.0108. The number of esters is 1. The van der Waals surface area contributed by atoms with Crippen LogP contribution in [0.2, 0.25) is 0 Å². The van der Waals surface area contributed by atoms with Crippen molar-refractivity contribution in [3.8, 4) is 11.5 Å². The highest BCUT2D eigenvalue weighted by Gasteiger charge is 2.30. The first kappa shape index (κ1) is 17.6. The van der Waals surface area contributed by atoms with Crippen LogP contribution in [0.15, 0.2) is 23.1 Å². The van der Waals surface area contributed by atoms with Crippen LogP contribution in [-0.2, 0) is 19.6 Å². The van der Waals surface area contributed by atoms with Gasteiger partial charge in [-0.1, -0.05) is 13.8 Å². The lowest BCUT2D eigenvalue weighted by Crippen LogP contribution is -2.45. The van der Waals surface area contributed by atoms with Crippen molar-refractivity contribution in [2.45, 2.75) is 31.7 Å². The molecule has 0 unspecified atom stereocenters. The Morgan fingerprint density at radius 1 is 1.26 bits per heavy atom. The van der Waals surface area contributed by atoms with E-state index in [9.17, 15) is 13.2 Å². The number of benzene rings is 1. The average Bonchev–Trinajstić information content (AvgIpc) is 2.52. The van der Waals surface area contributed by atoms with Gasteiger partial charge in [-0.2, -0.15) is 4.72 Å².